The molecule has 1 fully saturated rings. The maximum absolute atomic E-state index is 13.3. The number of rotatable bonds is 8. The molecule has 38 heavy (non-hydrogen) atoms. The summed E-state index contributed by atoms with van der Waals surface area (Å²) in [5.74, 6) is -0.507. The molecule has 1 saturated heterocycles. The van der Waals surface area contributed by atoms with Crippen LogP contribution in [0, 0.1) is 0 Å². The van der Waals surface area contributed by atoms with Gasteiger partial charge in [0.2, 0.25) is 11.8 Å². The number of hydrogen-bond donors (Lipinski definition) is 1. The molecule has 0 radical (unpaired) electrons. The number of halogens is 1. The Balaban J connectivity index is 1.62. The van der Waals surface area contributed by atoms with Gasteiger partial charge in [-0.25, -0.2) is 9.79 Å². The van der Waals surface area contributed by atoms with E-state index < -0.39 is 11.2 Å². The van der Waals surface area contributed by atoms with Gasteiger partial charge in [0.25, 0.3) is 0 Å². The third-order valence-corrected chi connectivity index (χ3v) is 7.24. The van der Waals surface area contributed by atoms with Crippen molar-refractivity contribution in [1.29, 1.82) is 0 Å². The van der Waals surface area contributed by atoms with Crippen LogP contribution in [0.4, 0.5) is 11.4 Å². The predicted molar refractivity (Wildman–Crippen MR) is 149 cm³/mol. The lowest BCUT2D eigenvalue weighted by molar-refractivity contribution is -0.129. The average molecular weight is 552 g/mol. The molecule has 3 aromatic rings. The first-order chi connectivity index (χ1) is 18.4. The molecule has 4 rings (SSSR count). The predicted octanol–water partition coefficient (Wildman–Crippen LogP) is 5.69. The number of esters is 1. The Morgan fingerprint density at radius 3 is 2.50 bits per heavy atom. The molecule has 1 aliphatic heterocycles. The minimum Gasteiger partial charge on any atom is -0.495 e. The highest BCUT2D eigenvalue weighted by molar-refractivity contribution is 8.15. The molecule has 0 bridgehead atoms. The summed E-state index contributed by atoms with van der Waals surface area (Å²) in [7, 11) is 1.52. The van der Waals surface area contributed by atoms with Crippen LogP contribution in [0.25, 0.3) is 0 Å². The summed E-state index contributed by atoms with van der Waals surface area (Å²) in [4.78, 5) is 44.7. The highest BCUT2D eigenvalue weighted by Gasteiger charge is 2.36. The lowest BCUT2D eigenvalue weighted by Crippen LogP contribution is -2.44. The SMILES string of the molecule is CCOC(=O)c1ccc(N=C2SC(C(=O)Nc3ccccc3OC)CC(=O)N2Cc2ccccc2Cl)cc1. The molecule has 8 nitrogen and oxygen atoms in total. The van der Waals surface area contributed by atoms with Gasteiger partial charge >= 0.3 is 5.97 Å². The Hall–Kier alpha value is -3.82. The van der Waals surface area contributed by atoms with Crippen molar-refractivity contribution in [3.8, 4) is 5.75 Å². The third-order valence-electron chi connectivity index (χ3n) is 5.69. The molecule has 1 atom stereocenters. The van der Waals surface area contributed by atoms with Crippen molar-refractivity contribution in [1.82, 2.24) is 4.90 Å². The number of nitrogens with one attached hydrogen (secondary N) is 1. The second-order valence-corrected chi connectivity index (χ2v) is 9.81. The number of benzene rings is 3. The van der Waals surface area contributed by atoms with Gasteiger partial charge in [-0.1, -0.05) is 53.7 Å². The van der Waals surface area contributed by atoms with Crippen molar-refractivity contribution < 1.29 is 23.9 Å². The Morgan fingerprint density at radius 2 is 1.79 bits per heavy atom. The van der Waals surface area contributed by atoms with Crippen LogP contribution in [0.15, 0.2) is 77.8 Å². The summed E-state index contributed by atoms with van der Waals surface area (Å²) < 4.78 is 10.4. The number of thioether (sulfide) groups is 1. The lowest BCUT2D eigenvalue weighted by Gasteiger charge is -2.32. The molecule has 1 N–H and O–H groups in total. The maximum atomic E-state index is 13.3. The van der Waals surface area contributed by atoms with E-state index in [4.69, 9.17) is 21.1 Å². The van der Waals surface area contributed by atoms with Crippen LogP contribution in [-0.2, 0) is 20.9 Å². The molecule has 1 heterocycles. The minimum atomic E-state index is -0.715. The highest BCUT2D eigenvalue weighted by atomic mass is 35.5. The molecule has 0 saturated carbocycles. The standard InChI is InChI=1S/C28H26ClN3O5S/c1-3-37-27(35)18-12-14-20(15-13-18)30-28-32(17-19-8-4-5-9-21(19)29)25(33)16-24(38-28)26(34)31-22-10-6-7-11-23(22)36-2/h4-15,24H,3,16-17H2,1-2H3,(H,31,34). The molecular weight excluding hydrogens is 526 g/mol. The molecule has 1 aliphatic rings. The van der Waals surface area contributed by atoms with Gasteiger partial charge in [-0.15, -0.1) is 0 Å². The van der Waals surface area contributed by atoms with Gasteiger partial charge in [0.05, 0.1) is 37.2 Å². The molecule has 0 aromatic heterocycles. The third kappa shape index (κ3) is 6.54. The number of hydrogen-bond acceptors (Lipinski definition) is 7. The maximum Gasteiger partial charge on any atom is 0.338 e. The van der Waals surface area contributed by atoms with Gasteiger partial charge in [0, 0.05) is 11.4 Å². The van der Waals surface area contributed by atoms with Crippen LogP contribution in [0.5, 0.6) is 5.75 Å². The first-order valence-electron chi connectivity index (χ1n) is 11.9. The van der Waals surface area contributed by atoms with E-state index in [1.165, 1.54) is 23.8 Å². The molecule has 196 valence electrons. The average Bonchev–Trinajstić information content (AvgIpc) is 2.92. The Labute approximate surface area is 230 Å². The monoisotopic (exact) mass is 551 g/mol. The normalized spacial score (nSPS) is 16.3. The van der Waals surface area contributed by atoms with Gasteiger partial charge in [-0.2, -0.15) is 0 Å². The number of amidine groups is 1. The minimum absolute atomic E-state index is 0.0169. The molecule has 1 unspecified atom stereocenters. The van der Waals surface area contributed by atoms with Crippen molar-refractivity contribution in [3.63, 3.8) is 0 Å². The zero-order valence-electron chi connectivity index (χ0n) is 20.8. The van der Waals surface area contributed by atoms with Gasteiger partial charge < -0.3 is 14.8 Å². The van der Waals surface area contributed by atoms with Gasteiger partial charge in [-0.05, 0) is 55.0 Å². The van der Waals surface area contributed by atoms with Crippen molar-refractivity contribution in [2.75, 3.05) is 19.0 Å². The van der Waals surface area contributed by atoms with Crippen LogP contribution in [0.3, 0.4) is 0 Å². The molecule has 0 spiro atoms. The summed E-state index contributed by atoms with van der Waals surface area (Å²) >= 11 is 7.56. The van der Waals surface area contributed by atoms with Gasteiger partial charge in [0.1, 0.15) is 11.0 Å². The zero-order valence-corrected chi connectivity index (χ0v) is 22.4. The highest BCUT2D eigenvalue weighted by Crippen LogP contribution is 2.33. The van der Waals surface area contributed by atoms with Crippen molar-refractivity contribution >= 4 is 57.7 Å². The number of carbonyl (C=O) groups excluding carboxylic acids is 3. The van der Waals surface area contributed by atoms with Crippen LogP contribution >= 0.6 is 23.4 Å². The van der Waals surface area contributed by atoms with E-state index in [2.05, 4.69) is 10.3 Å². The molecule has 10 heteroatoms. The van der Waals surface area contributed by atoms with E-state index in [-0.39, 0.29) is 31.4 Å². The largest absolute Gasteiger partial charge is 0.495 e. The van der Waals surface area contributed by atoms with E-state index in [1.807, 2.05) is 18.2 Å². The first-order valence-corrected chi connectivity index (χ1v) is 13.2. The molecule has 3 aromatic carbocycles. The zero-order chi connectivity index (χ0) is 27.1. The topological polar surface area (TPSA) is 97.3 Å². The van der Waals surface area contributed by atoms with Crippen molar-refractivity contribution in [2.45, 2.75) is 25.1 Å². The van der Waals surface area contributed by atoms with E-state index in [9.17, 15) is 14.4 Å². The van der Waals surface area contributed by atoms with Crippen LogP contribution in [0.2, 0.25) is 5.02 Å². The van der Waals surface area contributed by atoms with E-state index >= 15 is 0 Å². The number of aliphatic imine (C=N–C) groups is 1. The fraction of sp³-hybridized carbons (Fsp3) is 0.214. The first kappa shape index (κ1) is 27.2. The number of amides is 2. The number of nitrogens with zero attached hydrogens (tertiary/aromatic N) is 2. The molecule has 2 amide bonds. The Bertz CT molecular complexity index is 1360. The van der Waals surface area contributed by atoms with Crippen LogP contribution < -0.4 is 10.1 Å². The fourth-order valence-corrected chi connectivity index (χ4v) is 5.05. The van der Waals surface area contributed by atoms with Crippen LogP contribution in [-0.4, -0.2) is 46.8 Å². The summed E-state index contributed by atoms with van der Waals surface area (Å²) in [6.07, 6.45) is -0.0169. The number of carbonyl (C=O) groups is 3. The summed E-state index contributed by atoms with van der Waals surface area (Å²) in [6, 6.07) is 20.9. The van der Waals surface area contributed by atoms with E-state index in [1.54, 1.807) is 61.5 Å². The Kier molecular flexibility index (Phi) is 9.04. The van der Waals surface area contributed by atoms with Crippen molar-refractivity contribution in [3.05, 3.63) is 88.9 Å². The van der Waals surface area contributed by atoms with Gasteiger partial charge in [0.15, 0.2) is 5.17 Å². The van der Waals surface area contributed by atoms with E-state index in [0.29, 0.717) is 32.9 Å². The van der Waals surface area contributed by atoms with Gasteiger partial charge in [-0.3, -0.25) is 14.5 Å². The summed E-state index contributed by atoms with van der Waals surface area (Å²) in [5, 5.41) is 3.02. The number of ether oxygens (including phenoxy) is 2. The Morgan fingerprint density at radius 1 is 1.08 bits per heavy atom. The fourth-order valence-electron chi connectivity index (χ4n) is 3.75. The van der Waals surface area contributed by atoms with Crippen LogP contribution in [0.1, 0.15) is 29.3 Å². The molecule has 0 aliphatic carbocycles. The quantitative estimate of drug-likeness (QED) is 0.361. The number of para-hydroxylation sites is 2. The molecular formula is C28H26ClN3O5S. The second kappa shape index (κ2) is 12.6. The smallest absolute Gasteiger partial charge is 0.338 e. The second-order valence-electron chi connectivity index (χ2n) is 8.23. The number of anilines is 1. The van der Waals surface area contributed by atoms with E-state index in [0.717, 1.165) is 5.56 Å². The lowest BCUT2D eigenvalue weighted by atomic mass is 10.2. The number of methoxy groups -OCH3 is 1. The summed E-state index contributed by atoms with van der Waals surface area (Å²) in [6.45, 7) is 2.21. The summed E-state index contributed by atoms with van der Waals surface area (Å²) in [5.41, 5.74) is 2.18. The van der Waals surface area contributed by atoms with Crippen molar-refractivity contribution in [2.24, 2.45) is 4.99 Å².